The first-order valence-electron chi connectivity index (χ1n) is 5.72. The lowest BCUT2D eigenvalue weighted by Crippen LogP contribution is -2.41. The van der Waals surface area contributed by atoms with Crippen LogP contribution in [0.5, 0.6) is 5.75 Å². The molecular formula is C12H17ClN2O2. The molecule has 1 aliphatic heterocycles. The monoisotopic (exact) mass is 256 g/mol. The van der Waals surface area contributed by atoms with Gasteiger partial charge < -0.3 is 15.6 Å². The van der Waals surface area contributed by atoms with Gasteiger partial charge in [0.15, 0.2) is 0 Å². The van der Waals surface area contributed by atoms with E-state index in [1.165, 1.54) is 0 Å². The molecule has 94 valence electrons. The topological polar surface area (TPSA) is 58.7 Å². The number of halogens is 1. The molecule has 0 aromatic heterocycles. The molecule has 0 aliphatic carbocycles. The molecule has 17 heavy (non-hydrogen) atoms. The summed E-state index contributed by atoms with van der Waals surface area (Å²) >= 11 is 5.96. The Morgan fingerprint density at radius 3 is 2.76 bits per heavy atom. The van der Waals surface area contributed by atoms with E-state index in [0.29, 0.717) is 24.8 Å². The van der Waals surface area contributed by atoms with Crippen LogP contribution >= 0.6 is 11.6 Å². The van der Waals surface area contributed by atoms with Gasteiger partial charge in [0.2, 0.25) is 0 Å². The van der Waals surface area contributed by atoms with Crippen molar-refractivity contribution in [1.82, 2.24) is 4.90 Å². The summed E-state index contributed by atoms with van der Waals surface area (Å²) in [5, 5.41) is 10.5. The second-order valence-corrected chi connectivity index (χ2v) is 4.54. The van der Waals surface area contributed by atoms with Crippen LogP contribution in [0.3, 0.4) is 0 Å². The number of nitrogens with zero attached hydrogens (tertiary/aromatic N) is 1. The number of hydrogen-bond acceptors (Lipinski definition) is 4. The van der Waals surface area contributed by atoms with Crippen LogP contribution in [0.25, 0.3) is 0 Å². The molecule has 4 nitrogen and oxygen atoms in total. The lowest BCUT2D eigenvalue weighted by Gasteiger charge is -2.34. The summed E-state index contributed by atoms with van der Waals surface area (Å²) in [4.78, 5) is 2.22. The van der Waals surface area contributed by atoms with E-state index in [9.17, 15) is 5.11 Å². The van der Waals surface area contributed by atoms with Gasteiger partial charge in [0, 0.05) is 30.2 Å². The van der Waals surface area contributed by atoms with Crippen molar-refractivity contribution in [3.8, 4) is 5.75 Å². The van der Waals surface area contributed by atoms with Crippen LogP contribution in [0.15, 0.2) is 18.2 Å². The standard InChI is InChI=1S/C12H17ClN2O2/c13-9-1-2-12(16)10(7-9)11(8-14)15-3-5-17-6-4-15/h1-2,7,11,16H,3-6,8,14H2. The third-order valence-electron chi connectivity index (χ3n) is 3.06. The van der Waals surface area contributed by atoms with Crippen molar-refractivity contribution in [2.75, 3.05) is 32.8 Å². The van der Waals surface area contributed by atoms with Crippen LogP contribution in [0.4, 0.5) is 0 Å². The van der Waals surface area contributed by atoms with E-state index in [-0.39, 0.29) is 11.8 Å². The van der Waals surface area contributed by atoms with Crippen molar-refractivity contribution in [2.45, 2.75) is 6.04 Å². The van der Waals surface area contributed by atoms with Gasteiger partial charge >= 0.3 is 0 Å². The lowest BCUT2D eigenvalue weighted by atomic mass is 10.0. The highest BCUT2D eigenvalue weighted by atomic mass is 35.5. The molecule has 0 spiro atoms. The van der Waals surface area contributed by atoms with Crippen LogP contribution in [-0.2, 0) is 4.74 Å². The molecule has 3 N–H and O–H groups in total. The molecule has 5 heteroatoms. The Hall–Kier alpha value is -0.810. The third kappa shape index (κ3) is 2.90. The minimum absolute atomic E-state index is 0.00222. The number of ether oxygens (including phenoxy) is 1. The van der Waals surface area contributed by atoms with Gasteiger partial charge in [-0.2, -0.15) is 0 Å². The zero-order valence-electron chi connectivity index (χ0n) is 9.60. The molecule has 0 amide bonds. The number of benzene rings is 1. The Bertz CT molecular complexity index is 381. The van der Waals surface area contributed by atoms with Gasteiger partial charge in [-0.05, 0) is 18.2 Å². The Balaban J connectivity index is 2.24. The maximum atomic E-state index is 9.90. The first-order valence-corrected chi connectivity index (χ1v) is 6.10. The smallest absolute Gasteiger partial charge is 0.120 e. The Morgan fingerprint density at radius 1 is 1.41 bits per heavy atom. The fraction of sp³-hybridized carbons (Fsp3) is 0.500. The van der Waals surface area contributed by atoms with Crippen molar-refractivity contribution in [1.29, 1.82) is 0 Å². The van der Waals surface area contributed by atoms with Crippen LogP contribution in [0, 0.1) is 0 Å². The van der Waals surface area contributed by atoms with Crippen molar-refractivity contribution in [3.05, 3.63) is 28.8 Å². The number of aromatic hydroxyl groups is 1. The number of phenolic OH excluding ortho intramolecular Hbond substituents is 1. The molecule has 1 aromatic rings. The summed E-state index contributed by atoms with van der Waals surface area (Å²) in [5.74, 6) is 0.247. The highest BCUT2D eigenvalue weighted by Gasteiger charge is 2.23. The fourth-order valence-corrected chi connectivity index (χ4v) is 2.33. The van der Waals surface area contributed by atoms with Gasteiger partial charge in [-0.25, -0.2) is 0 Å². The zero-order chi connectivity index (χ0) is 12.3. The Morgan fingerprint density at radius 2 is 2.12 bits per heavy atom. The molecule has 1 saturated heterocycles. The zero-order valence-corrected chi connectivity index (χ0v) is 10.4. The largest absolute Gasteiger partial charge is 0.508 e. The SMILES string of the molecule is NCC(c1cc(Cl)ccc1O)N1CCOCC1. The maximum absolute atomic E-state index is 9.90. The van der Waals surface area contributed by atoms with E-state index >= 15 is 0 Å². The van der Waals surface area contributed by atoms with E-state index in [4.69, 9.17) is 22.1 Å². The minimum Gasteiger partial charge on any atom is -0.508 e. The number of phenols is 1. The van der Waals surface area contributed by atoms with Crippen molar-refractivity contribution in [3.63, 3.8) is 0 Å². The van der Waals surface area contributed by atoms with Gasteiger partial charge in [-0.15, -0.1) is 0 Å². The van der Waals surface area contributed by atoms with Crippen LogP contribution in [-0.4, -0.2) is 42.9 Å². The minimum atomic E-state index is -0.00222. The summed E-state index contributed by atoms with van der Waals surface area (Å²) in [7, 11) is 0. The molecule has 0 radical (unpaired) electrons. The first kappa shape index (κ1) is 12.6. The molecule has 1 aliphatic rings. The van der Waals surface area contributed by atoms with Gasteiger partial charge in [-0.1, -0.05) is 11.6 Å². The lowest BCUT2D eigenvalue weighted by molar-refractivity contribution is 0.0174. The van der Waals surface area contributed by atoms with Crippen LogP contribution < -0.4 is 5.73 Å². The van der Waals surface area contributed by atoms with Gasteiger partial charge in [-0.3, -0.25) is 4.90 Å². The van der Waals surface area contributed by atoms with Crippen molar-refractivity contribution >= 4 is 11.6 Å². The Kier molecular flexibility index (Phi) is 4.23. The summed E-state index contributed by atoms with van der Waals surface area (Å²) in [5.41, 5.74) is 6.61. The molecule has 1 aromatic carbocycles. The van der Waals surface area contributed by atoms with Crippen LogP contribution in [0.2, 0.25) is 5.02 Å². The second-order valence-electron chi connectivity index (χ2n) is 4.10. The molecule has 1 unspecified atom stereocenters. The average Bonchev–Trinajstić information content (AvgIpc) is 2.36. The molecule has 0 bridgehead atoms. The second kappa shape index (κ2) is 5.69. The molecule has 1 heterocycles. The quantitative estimate of drug-likeness (QED) is 0.858. The fourth-order valence-electron chi connectivity index (χ4n) is 2.15. The summed E-state index contributed by atoms with van der Waals surface area (Å²) in [6.45, 7) is 3.52. The highest BCUT2D eigenvalue weighted by Crippen LogP contribution is 2.30. The molecule has 1 atom stereocenters. The number of hydrogen-bond donors (Lipinski definition) is 2. The number of nitrogens with two attached hydrogens (primary N) is 1. The molecule has 2 rings (SSSR count). The molecular weight excluding hydrogens is 240 g/mol. The molecule has 1 fully saturated rings. The summed E-state index contributed by atoms with van der Waals surface area (Å²) < 4.78 is 5.31. The number of rotatable bonds is 3. The first-order chi connectivity index (χ1) is 8.22. The normalized spacial score (nSPS) is 19.2. The Labute approximate surface area is 106 Å². The van der Waals surface area contributed by atoms with E-state index in [1.807, 2.05) is 0 Å². The predicted octanol–water partition coefficient (Wildman–Crippen LogP) is 1.38. The van der Waals surface area contributed by atoms with Gasteiger partial charge in [0.05, 0.1) is 19.3 Å². The van der Waals surface area contributed by atoms with E-state index < -0.39 is 0 Å². The summed E-state index contributed by atoms with van der Waals surface area (Å²) in [6, 6.07) is 5.07. The van der Waals surface area contributed by atoms with Crippen molar-refractivity contribution in [2.24, 2.45) is 5.73 Å². The number of morpholine rings is 1. The summed E-state index contributed by atoms with van der Waals surface area (Å²) in [6.07, 6.45) is 0. The highest BCUT2D eigenvalue weighted by molar-refractivity contribution is 6.30. The third-order valence-corrected chi connectivity index (χ3v) is 3.29. The van der Waals surface area contributed by atoms with E-state index in [1.54, 1.807) is 18.2 Å². The molecule has 0 saturated carbocycles. The van der Waals surface area contributed by atoms with E-state index in [2.05, 4.69) is 4.90 Å². The van der Waals surface area contributed by atoms with Gasteiger partial charge in [0.1, 0.15) is 5.75 Å². The van der Waals surface area contributed by atoms with Crippen molar-refractivity contribution < 1.29 is 9.84 Å². The van der Waals surface area contributed by atoms with E-state index in [0.717, 1.165) is 18.7 Å². The van der Waals surface area contributed by atoms with Gasteiger partial charge in [0.25, 0.3) is 0 Å². The van der Waals surface area contributed by atoms with Crippen LogP contribution in [0.1, 0.15) is 11.6 Å². The predicted molar refractivity (Wildman–Crippen MR) is 67.3 cm³/mol. The average molecular weight is 257 g/mol. The maximum Gasteiger partial charge on any atom is 0.120 e.